The van der Waals surface area contributed by atoms with E-state index in [9.17, 15) is 4.79 Å². The van der Waals surface area contributed by atoms with Crippen molar-refractivity contribution in [1.82, 2.24) is 4.90 Å². The maximum Gasteiger partial charge on any atom is 0.229 e. The smallest absolute Gasteiger partial charge is 0.229 e. The van der Waals surface area contributed by atoms with E-state index in [1.807, 2.05) is 32.0 Å². The summed E-state index contributed by atoms with van der Waals surface area (Å²) < 4.78 is 0. The Balaban J connectivity index is 2.25. The molecular weight excluding hydrogens is 250 g/mol. The first-order chi connectivity index (χ1) is 9.67. The van der Waals surface area contributed by atoms with Crippen LogP contribution in [0.5, 0.6) is 0 Å². The van der Waals surface area contributed by atoms with Crippen LogP contribution in [0.1, 0.15) is 25.3 Å². The number of aliphatic hydroxyl groups is 1. The number of fused-ring (bicyclic) bond motifs is 1. The second-order valence-corrected chi connectivity index (χ2v) is 4.97. The number of carbonyl (C=O) groups is 1. The largest absolute Gasteiger partial charge is 0.395 e. The third kappa shape index (κ3) is 2.99. The van der Waals surface area contributed by atoms with Crippen LogP contribution in [0.2, 0.25) is 0 Å². The monoisotopic (exact) mass is 271 g/mol. The lowest BCUT2D eigenvalue weighted by Gasteiger charge is -2.24. The number of nitrogens with zero attached hydrogens (tertiary/aromatic N) is 1. The molecule has 0 saturated heterocycles. The molecular formula is C17H21NO2. The van der Waals surface area contributed by atoms with Crippen molar-refractivity contribution in [3.05, 3.63) is 48.0 Å². The van der Waals surface area contributed by atoms with Crippen LogP contribution in [0.3, 0.4) is 0 Å². The first-order valence-electron chi connectivity index (χ1n) is 7.05. The molecule has 1 unspecified atom stereocenters. The van der Waals surface area contributed by atoms with Crippen LogP contribution in [0, 0.1) is 0 Å². The van der Waals surface area contributed by atoms with Crippen LogP contribution in [0.25, 0.3) is 10.8 Å². The first-order valence-corrected chi connectivity index (χ1v) is 7.05. The maximum atomic E-state index is 12.4. The Hall–Kier alpha value is -1.87. The van der Waals surface area contributed by atoms with Crippen molar-refractivity contribution in [2.75, 3.05) is 19.7 Å². The van der Waals surface area contributed by atoms with Crippen LogP contribution >= 0.6 is 0 Å². The number of benzene rings is 2. The molecule has 0 spiro atoms. The summed E-state index contributed by atoms with van der Waals surface area (Å²) in [6, 6.07) is 14.3. The SMILES string of the molecule is CCN(CCO)C(=O)C(C)c1ccc2ccccc2c1. The summed E-state index contributed by atoms with van der Waals surface area (Å²) in [5, 5.41) is 11.3. The Bertz CT molecular complexity index is 594. The van der Waals surface area contributed by atoms with E-state index in [1.165, 1.54) is 5.39 Å². The summed E-state index contributed by atoms with van der Waals surface area (Å²) >= 11 is 0. The Morgan fingerprint density at radius 3 is 2.55 bits per heavy atom. The number of amides is 1. The van der Waals surface area contributed by atoms with Gasteiger partial charge < -0.3 is 10.0 Å². The summed E-state index contributed by atoms with van der Waals surface area (Å²) in [4.78, 5) is 14.1. The van der Waals surface area contributed by atoms with Gasteiger partial charge in [0.1, 0.15) is 0 Å². The highest BCUT2D eigenvalue weighted by molar-refractivity contribution is 5.87. The lowest BCUT2D eigenvalue weighted by molar-refractivity contribution is -0.132. The summed E-state index contributed by atoms with van der Waals surface area (Å²) in [7, 11) is 0. The summed E-state index contributed by atoms with van der Waals surface area (Å²) in [5.41, 5.74) is 1.02. The van der Waals surface area contributed by atoms with Gasteiger partial charge in [-0.25, -0.2) is 0 Å². The molecule has 3 heteroatoms. The molecule has 0 heterocycles. The van der Waals surface area contributed by atoms with Crippen molar-refractivity contribution in [3.63, 3.8) is 0 Å². The van der Waals surface area contributed by atoms with Gasteiger partial charge in [0.05, 0.1) is 12.5 Å². The molecule has 0 bridgehead atoms. The molecule has 1 amide bonds. The zero-order valence-electron chi connectivity index (χ0n) is 12.0. The molecule has 106 valence electrons. The molecule has 2 aromatic rings. The standard InChI is InChI=1S/C17H21NO2/c1-3-18(10-11-19)17(20)13(2)15-9-8-14-6-4-5-7-16(14)12-15/h4-9,12-13,19H,3,10-11H2,1-2H3. The minimum atomic E-state index is -0.189. The number of carbonyl (C=O) groups excluding carboxylic acids is 1. The van der Waals surface area contributed by atoms with E-state index in [4.69, 9.17) is 5.11 Å². The summed E-state index contributed by atoms with van der Waals surface area (Å²) in [6.07, 6.45) is 0. The van der Waals surface area contributed by atoms with E-state index in [2.05, 4.69) is 24.3 Å². The van der Waals surface area contributed by atoms with Gasteiger partial charge in [-0.2, -0.15) is 0 Å². The maximum absolute atomic E-state index is 12.4. The van der Waals surface area contributed by atoms with E-state index in [1.54, 1.807) is 4.90 Å². The molecule has 0 aliphatic heterocycles. The van der Waals surface area contributed by atoms with Crippen molar-refractivity contribution in [3.8, 4) is 0 Å². The highest BCUT2D eigenvalue weighted by Crippen LogP contribution is 2.23. The molecule has 3 nitrogen and oxygen atoms in total. The fraction of sp³-hybridized carbons (Fsp3) is 0.353. The van der Waals surface area contributed by atoms with Crippen molar-refractivity contribution in [2.45, 2.75) is 19.8 Å². The lowest BCUT2D eigenvalue weighted by Crippen LogP contribution is -2.36. The lowest BCUT2D eigenvalue weighted by atomic mass is 9.96. The third-order valence-corrected chi connectivity index (χ3v) is 3.71. The van der Waals surface area contributed by atoms with Crippen molar-refractivity contribution in [1.29, 1.82) is 0 Å². The van der Waals surface area contributed by atoms with Gasteiger partial charge in [0.2, 0.25) is 5.91 Å². The number of hydrogen-bond donors (Lipinski definition) is 1. The van der Waals surface area contributed by atoms with Crippen molar-refractivity contribution >= 4 is 16.7 Å². The van der Waals surface area contributed by atoms with Gasteiger partial charge in [-0.05, 0) is 30.2 Å². The number of hydrogen-bond acceptors (Lipinski definition) is 2. The Kier molecular flexibility index (Phi) is 4.74. The van der Waals surface area contributed by atoms with E-state index >= 15 is 0 Å². The van der Waals surface area contributed by atoms with Crippen LogP contribution in [0.4, 0.5) is 0 Å². The van der Waals surface area contributed by atoms with Gasteiger partial charge in [0, 0.05) is 13.1 Å². The zero-order valence-corrected chi connectivity index (χ0v) is 12.0. The van der Waals surface area contributed by atoms with E-state index in [0.29, 0.717) is 13.1 Å². The quantitative estimate of drug-likeness (QED) is 0.908. The van der Waals surface area contributed by atoms with Gasteiger partial charge in [0.15, 0.2) is 0 Å². The highest BCUT2D eigenvalue weighted by Gasteiger charge is 2.20. The van der Waals surface area contributed by atoms with Crippen LogP contribution in [-0.4, -0.2) is 35.6 Å². The Morgan fingerprint density at radius 2 is 1.90 bits per heavy atom. The van der Waals surface area contributed by atoms with Crippen LogP contribution in [-0.2, 0) is 4.79 Å². The molecule has 1 atom stereocenters. The molecule has 0 saturated carbocycles. The summed E-state index contributed by atoms with van der Waals surface area (Å²) in [5.74, 6) is -0.122. The third-order valence-electron chi connectivity index (χ3n) is 3.71. The minimum Gasteiger partial charge on any atom is -0.395 e. The second-order valence-electron chi connectivity index (χ2n) is 4.97. The first kappa shape index (κ1) is 14.5. The van der Waals surface area contributed by atoms with Crippen LogP contribution < -0.4 is 0 Å². The molecule has 2 rings (SSSR count). The average molecular weight is 271 g/mol. The predicted octanol–water partition coefficient (Wildman–Crippen LogP) is 2.78. The highest BCUT2D eigenvalue weighted by atomic mass is 16.3. The molecule has 0 radical (unpaired) electrons. The molecule has 0 aliphatic carbocycles. The Morgan fingerprint density at radius 1 is 1.20 bits per heavy atom. The number of rotatable bonds is 5. The number of aliphatic hydroxyl groups excluding tert-OH is 1. The van der Waals surface area contributed by atoms with Gasteiger partial charge in [-0.1, -0.05) is 42.5 Å². The fourth-order valence-corrected chi connectivity index (χ4v) is 2.44. The molecule has 20 heavy (non-hydrogen) atoms. The van der Waals surface area contributed by atoms with Crippen LogP contribution in [0.15, 0.2) is 42.5 Å². The van der Waals surface area contributed by atoms with Crippen molar-refractivity contribution in [2.24, 2.45) is 0 Å². The van der Waals surface area contributed by atoms with Gasteiger partial charge in [-0.15, -0.1) is 0 Å². The molecule has 1 N–H and O–H groups in total. The normalized spacial score (nSPS) is 12.3. The fourth-order valence-electron chi connectivity index (χ4n) is 2.44. The predicted molar refractivity (Wildman–Crippen MR) is 81.7 cm³/mol. The summed E-state index contributed by atoms with van der Waals surface area (Å²) in [6.45, 7) is 4.88. The van der Waals surface area contributed by atoms with E-state index in [-0.39, 0.29) is 18.4 Å². The second kappa shape index (κ2) is 6.53. The Labute approximate surface area is 119 Å². The van der Waals surface area contributed by atoms with E-state index < -0.39 is 0 Å². The minimum absolute atomic E-state index is 0.00399. The van der Waals surface area contributed by atoms with E-state index in [0.717, 1.165) is 10.9 Å². The van der Waals surface area contributed by atoms with Crippen molar-refractivity contribution < 1.29 is 9.90 Å². The number of likely N-dealkylation sites (N-methyl/N-ethyl adjacent to an activating group) is 1. The molecule has 0 fully saturated rings. The van der Waals surface area contributed by atoms with Gasteiger partial charge in [0.25, 0.3) is 0 Å². The average Bonchev–Trinajstić information content (AvgIpc) is 2.50. The molecule has 0 aliphatic rings. The van der Waals surface area contributed by atoms with Gasteiger partial charge >= 0.3 is 0 Å². The van der Waals surface area contributed by atoms with Gasteiger partial charge in [-0.3, -0.25) is 4.79 Å². The zero-order chi connectivity index (χ0) is 14.5. The molecule has 0 aromatic heterocycles. The topological polar surface area (TPSA) is 40.5 Å². The molecule has 2 aromatic carbocycles.